The molecule has 3 aromatic rings. The Balaban J connectivity index is 1.85. The molecule has 0 spiro atoms. The van der Waals surface area contributed by atoms with E-state index in [1.165, 1.54) is 18.2 Å². The highest BCUT2D eigenvalue weighted by atomic mass is 35.5. The lowest BCUT2D eigenvalue weighted by Crippen LogP contribution is -2.28. The van der Waals surface area contributed by atoms with Crippen LogP contribution in [0.2, 0.25) is 10.0 Å². The molecule has 0 fully saturated rings. The van der Waals surface area contributed by atoms with Gasteiger partial charge in [-0.3, -0.25) is 0 Å². The molecule has 136 valence electrons. The van der Waals surface area contributed by atoms with Crippen LogP contribution in [0.5, 0.6) is 5.75 Å². The number of benzene rings is 2. The summed E-state index contributed by atoms with van der Waals surface area (Å²) in [6.45, 7) is 1.97. The normalized spacial score (nSPS) is 13.4. The van der Waals surface area contributed by atoms with E-state index < -0.39 is 11.4 Å². The van der Waals surface area contributed by atoms with Gasteiger partial charge in [-0.25, -0.2) is 9.37 Å². The van der Waals surface area contributed by atoms with Crippen molar-refractivity contribution in [2.45, 2.75) is 25.7 Å². The molecule has 0 aliphatic heterocycles. The Morgan fingerprint density at radius 3 is 2.73 bits per heavy atom. The zero-order chi connectivity index (χ0) is 18.7. The number of halogens is 3. The van der Waals surface area contributed by atoms with Gasteiger partial charge in [0.25, 0.3) is 0 Å². The summed E-state index contributed by atoms with van der Waals surface area (Å²) in [5, 5.41) is 11.9. The molecule has 1 atom stereocenters. The van der Waals surface area contributed by atoms with Crippen LogP contribution in [0.4, 0.5) is 4.39 Å². The third kappa shape index (κ3) is 4.36. The molecule has 26 heavy (non-hydrogen) atoms. The van der Waals surface area contributed by atoms with Gasteiger partial charge in [0.15, 0.2) is 0 Å². The second-order valence-electron chi connectivity index (χ2n) is 6.17. The maximum atomic E-state index is 13.8. The number of hydrogen-bond donors (Lipinski definition) is 1. The summed E-state index contributed by atoms with van der Waals surface area (Å²) in [5.74, 6) is -0.0784. The third-order valence-corrected chi connectivity index (χ3v) is 4.56. The van der Waals surface area contributed by atoms with Crippen molar-refractivity contribution in [2.75, 3.05) is 0 Å². The van der Waals surface area contributed by atoms with E-state index in [9.17, 15) is 9.50 Å². The van der Waals surface area contributed by atoms with Crippen LogP contribution >= 0.6 is 23.2 Å². The molecule has 3 rings (SSSR count). The summed E-state index contributed by atoms with van der Waals surface area (Å²) in [7, 11) is 0. The van der Waals surface area contributed by atoms with Crippen molar-refractivity contribution in [3.8, 4) is 5.75 Å². The molecule has 0 amide bonds. The number of rotatable bonds is 6. The molecule has 0 radical (unpaired) electrons. The molecule has 0 bridgehead atoms. The van der Waals surface area contributed by atoms with Crippen molar-refractivity contribution < 1.29 is 14.2 Å². The summed E-state index contributed by atoms with van der Waals surface area (Å²) in [6.07, 6.45) is 4.92. The molecule has 4 nitrogen and oxygen atoms in total. The Morgan fingerprint density at radius 2 is 2.04 bits per heavy atom. The number of aliphatic hydroxyl groups is 1. The maximum Gasteiger partial charge on any atom is 0.126 e. The van der Waals surface area contributed by atoms with Crippen molar-refractivity contribution in [3.63, 3.8) is 0 Å². The molecule has 1 aromatic heterocycles. The van der Waals surface area contributed by atoms with E-state index in [4.69, 9.17) is 27.9 Å². The van der Waals surface area contributed by atoms with Gasteiger partial charge < -0.3 is 14.4 Å². The van der Waals surface area contributed by atoms with Gasteiger partial charge in [0.05, 0.1) is 12.9 Å². The lowest BCUT2D eigenvalue weighted by molar-refractivity contribution is 0.0346. The highest BCUT2D eigenvalue weighted by Gasteiger charge is 2.28. The Hall–Kier alpha value is -2.08. The minimum atomic E-state index is -1.36. The number of imidazole rings is 1. The van der Waals surface area contributed by atoms with Gasteiger partial charge in [0.2, 0.25) is 0 Å². The zero-order valence-electron chi connectivity index (χ0n) is 14.0. The van der Waals surface area contributed by atoms with Crippen LogP contribution in [-0.2, 0) is 18.8 Å². The molecule has 2 aromatic carbocycles. The molecule has 0 aliphatic rings. The summed E-state index contributed by atoms with van der Waals surface area (Å²) in [6, 6.07) is 9.16. The topological polar surface area (TPSA) is 47.3 Å². The van der Waals surface area contributed by atoms with Crippen LogP contribution in [0.15, 0.2) is 55.1 Å². The van der Waals surface area contributed by atoms with Gasteiger partial charge in [-0.2, -0.15) is 0 Å². The van der Waals surface area contributed by atoms with Crippen molar-refractivity contribution in [3.05, 3.63) is 82.1 Å². The quantitative estimate of drug-likeness (QED) is 0.651. The fraction of sp³-hybridized carbons (Fsp3) is 0.211. The van der Waals surface area contributed by atoms with Gasteiger partial charge in [-0.15, -0.1) is 0 Å². The average Bonchev–Trinajstić information content (AvgIpc) is 3.07. The minimum Gasteiger partial charge on any atom is -0.488 e. The minimum absolute atomic E-state index is 0.162. The second kappa shape index (κ2) is 7.66. The molecule has 0 saturated heterocycles. The van der Waals surface area contributed by atoms with Gasteiger partial charge >= 0.3 is 0 Å². The molecule has 1 unspecified atom stereocenters. The lowest BCUT2D eigenvalue weighted by atomic mass is 9.94. The van der Waals surface area contributed by atoms with E-state index >= 15 is 0 Å². The Labute approximate surface area is 160 Å². The molecular formula is C19H17Cl2FN2O2. The summed E-state index contributed by atoms with van der Waals surface area (Å²) in [4.78, 5) is 3.95. The van der Waals surface area contributed by atoms with Crippen LogP contribution in [0, 0.1) is 5.82 Å². The predicted molar refractivity (Wildman–Crippen MR) is 99.0 cm³/mol. The van der Waals surface area contributed by atoms with E-state index in [-0.39, 0.29) is 13.2 Å². The summed E-state index contributed by atoms with van der Waals surface area (Å²) in [5.41, 5.74) is -0.279. The first kappa shape index (κ1) is 18.7. The molecule has 0 aliphatic carbocycles. The largest absolute Gasteiger partial charge is 0.488 e. The van der Waals surface area contributed by atoms with Crippen LogP contribution in [-0.4, -0.2) is 14.7 Å². The monoisotopic (exact) mass is 394 g/mol. The first-order valence-corrected chi connectivity index (χ1v) is 8.65. The van der Waals surface area contributed by atoms with E-state index in [1.807, 2.05) is 0 Å². The van der Waals surface area contributed by atoms with E-state index in [0.717, 1.165) is 5.56 Å². The third-order valence-electron chi connectivity index (χ3n) is 3.97. The first-order chi connectivity index (χ1) is 12.3. The highest BCUT2D eigenvalue weighted by molar-refractivity contribution is 6.35. The lowest BCUT2D eigenvalue weighted by Gasteiger charge is -2.26. The van der Waals surface area contributed by atoms with Crippen molar-refractivity contribution in [2.24, 2.45) is 0 Å². The fourth-order valence-corrected chi connectivity index (χ4v) is 3.13. The molecular weight excluding hydrogens is 378 g/mol. The van der Waals surface area contributed by atoms with Crippen molar-refractivity contribution in [1.82, 2.24) is 9.55 Å². The number of ether oxygens (including phenoxy) is 1. The number of aromatic nitrogens is 2. The van der Waals surface area contributed by atoms with Crippen LogP contribution in [0.25, 0.3) is 0 Å². The Kier molecular flexibility index (Phi) is 5.51. The summed E-state index contributed by atoms with van der Waals surface area (Å²) < 4.78 is 21.3. The van der Waals surface area contributed by atoms with Gasteiger partial charge in [0, 0.05) is 33.6 Å². The van der Waals surface area contributed by atoms with E-state index in [1.54, 1.807) is 48.4 Å². The molecule has 7 heteroatoms. The predicted octanol–water partition coefficient (Wildman–Crippen LogP) is 4.82. The number of hydrogen-bond acceptors (Lipinski definition) is 3. The molecule has 1 N–H and O–H groups in total. The van der Waals surface area contributed by atoms with E-state index in [0.29, 0.717) is 21.4 Å². The van der Waals surface area contributed by atoms with Crippen molar-refractivity contribution >= 4 is 23.2 Å². The summed E-state index contributed by atoms with van der Waals surface area (Å²) >= 11 is 12.1. The van der Waals surface area contributed by atoms with Crippen LogP contribution in [0.3, 0.4) is 0 Å². The standard InChI is InChI=1S/C19H17Cl2FN2O2/c1-19(25,11-24-7-6-23-12-24)16-9-15(22)4-5-18(16)26-10-13-2-3-14(20)8-17(13)21/h2-9,12,25H,10-11H2,1H3. The Bertz CT molecular complexity index is 899. The van der Waals surface area contributed by atoms with Crippen LogP contribution in [0.1, 0.15) is 18.1 Å². The second-order valence-corrected chi connectivity index (χ2v) is 7.02. The van der Waals surface area contributed by atoms with Gasteiger partial charge in [-0.05, 0) is 37.3 Å². The average molecular weight is 395 g/mol. The molecule has 0 saturated carbocycles. The van der Waals surface area contributed by atoms with Gasteiger partial charge in [0.1, 0.15) is 23.8 Å². The zero-order valence-corrected chi connectivity index (χ0v) is 15.5. The van der Waals surface area contributed by atoms with Crippen LogP contribution < -0.4 is 4.74 Å². The number of nitrogens with zero attached hydrogens (tertiary/aromatic N) is 2. The fourth-order valence-electron chi connectivity index (χ4n) is 2.66. The Morgan fingerprint density at radius 1 is 1.23 bits per heavy atom. The highest BCUT2D eigenvalue weighted by Crippen LogP contribution is 2.33. The molecule has 1 heterocycles. The maximum absolute atomic E-state index is 13.8. The van der Waals surface area contributed by atoms with Gasteiger partial charge in [-0.1, -0.05) is 29.3 Å². The first-order valence-electron chi connectivity index (χ1n) is 7.90. The smallest absolute Gasteiger partial charge is 0.126 e. The SMILES string of the molecule is CC(O)(Cn1ccnc1)c1cc(F)ccc1OCc1ccc(Cl)cc1Cl. The van der Waals surface area contributed by atoms with E-state index in [2.05, 4.69) is 4.98 Å². The van der Waals surface area contributed by atoms with Crippen molar-refractivity contribution in [1.29, 1.82) is 0 Å².